The third-order valence-electron chi connectivity index (χ3n) is 10.2. The molecule has 250 valence electrons. The second-order valence-electron chi connectivity index (χ2n) is 13.6. The van der Waals surface area contributed by atoms with Crippen LogP contribution in [-0.2, 0) is 6.54 Å². The molecule has 0 spiro atoms. The fraction of sp³-hybridized carbons (Fsp3) is 0.0833. The van der Waals surface area contributed by atoms with Gasteiger partial charge in [-0.25, -0.2) is 4.99 Å². The highest BCUT2D eigenvalue weighted by Crippen LogP contribution is 2.39. The summed E-state index contributed by atoms with van der Waals surface area (Å²) in [6.07, 6.45) is 5.47. The molecule has 9 rings (SSSR count). The molecule has 0 aliphatic heterocycles. The topological polar surface area (TPSA) is 63.9 Å². The Morgan fingerprint density at radius 2 is 1.40 bits per heavy atom. The maximum absolute atomic E-state index is 7.01. The predicted molar refractivity (Wildman–Crippen MR) is 218 cm³/mol. The van der Waals surface area contributed by atoms with E-state index in [1.54, 1.807) is 0 Å². The Morgan fingerprint density at radius 3 is 2.25 bits per heavy atom. The minimum absolute atomic E-state index is 0.396. The van der Waals surface area contributed by atoms with Crippen LogP contribution in [0.1, 0.15) is 47.1 Å². The molecule has 4 heteroatoms. The van der Waals surface area contributed by atoms with Crippen LogP contribution < -0.4 is 5.73 Å². The van der Waals surface area contributed by atoms with Crippen LogP contribution in [-0.4, -0.2) is 11.7 Å². The van der Waals surface area contributed by atoms with Gasteiger partial charge in [-0.05, 0) is 86.3 Å². The number of aliphatic imine (C=N–C) groups is 2. The summed E-state index contributed by atoms with van der Waals surface area (Å²) in [6.45, 7) is 2.77. The third-order valence-corrected chi connectivity index (χ3v) is 10.2. The van der Waals surface area contributed by atoms with Crippen LogP contribution >= 0.6 is 0 Å². The third kappa shape index (κ3) is 5.88. The van der Waals surface area contributed by atoms with E-state index in [0.717, 1.165) is 56.2 Å². The smallest absolute Gasteiger partial charge is 0.157 e. The standard InChI is InChI=1S/C48H37N3O/c1-31-10-7-15-35-25-27-39(29-42(31)35)48(50-30-32-11-3-2-4-12-32)51-47(49)41-17-9-19-44-46(41)45-40(16-8-18-43(45)52-44)36-23-20-34(21-24-36)38-26-22-33-13-5-6-14-37(33)28-38/h2-9,11-29,31H,10,30H2,1H3,(H2,49,50,51). The Bertz CT molecular complexity index is 2700. The van der Waals surface area contributed by atoms with Crippen LogP contribution in [0.15, 0.2) is 172 Å². The highest BCUT2D eigenvalue weighted by Gasteiger charge is 2.19. The largest absolute Gasteiger partial charge is 0.456 e. The monoisotopic (exact) mass is 671 g/mol. The molecule has 2 N–H and O–H groups in total. The van der Waals surface area contributed by atoms with Crippen LogP contribution in [0.3, 0.4) is 0 Å². The van der Waals surface area contributed by atoms with E-state index in [1.807, 2.05) is 42.5 Å². The fourth-order valence-corrected chi connectivity index (χ4v) is 7.47. The van der Waals surface area contributed by atoms with E-state index in [2.05, 4.69) is 128 Å². The maximum atomic E-state index is 7.01. The quantitative estimate of drug-likeness (QED) is 0.141. The molecule has 0 amide bonds. The maximum Gasteiger partial charge on any atom is 0.157 e. The average molecular weight is 672 g/mol. The number of nitrogens with zero attached hydrogens (tertiary/aromatic N) is 2. The molecule has 4 nitrogen and oxygen atoms in total. The van der Waals surface area contributed by atoms with Gasteiger partial charge in [0.2, 0.25) is 0 Å². The molecule has 1 heterocycles. The summed E-state index contributed by atoms with van der Waals surface area (Å²) in [4.78, 5) is 10.2. The number of nitrogens with two attached hydrogens (primary N) is 1. The van der Waals surface area contributed by atoms with E-state index in [4.69, 9.17) is 20.1 Å². The molecular weight excluding hydrogens is 635 g/mol. The lowest BCUT2D eigenvalue weighted by Crippen LogP contribution is -2.17. The minimum Gasteiger partial charge on any atom is -0.456 e. The Kier molecular flexibility index (Phi) is 8.05. The second kappa shape index (κ2) is 13.3. The van der Waals surface area contributed by atoms with Crippen LogP contribution in [0, 0.1) is 0 Å². The summed E-state index contributed by atoms with van der Waals surface area (Å²) in [5, 5.41) is 4.43. The van der Waals surface area contributed by atoms with Crippen molar-refractivity contribution in [1.29, 1.82) is 0 Å². The number of allylic oxidation sites excluding steroid dienone is 1. The van der Waals surface area contributed by atoms with Gasteiger partial charge in [0, 0.05) is 21.9 Å². The van der Waals surface area contributed by atoms with Gasteiger partial charge in [-0.15, -0.1) is 0 Å². The first-order valence-corrected chi connectivity index (χ1v) is 17.9. The molecule has 0 radical (unpaired) electrons. The first kappa shape index (κ1) is 31.5. The molecule has 0 saturated heterocycles. The molecule has 0 fully saturated rings. The zero-order chi connectivity index (χ0) is 35.0. The fourth-order valence-electron chi connectivity index (χ4n) is 7.47. The van der Waals surface area contributed by atoms with Crippen molar-refractivity contribution in [3.63, 3.8) is 0 Å². The zero-order valence-electron chi connectivity index (χ0n) is 29.0. The van der Waals surface area contributed by atoms with Crippen molar-refractivity contribution in [2.45, 2.75) is 25.8 Å². The van der Waals surface area contributed by atoms with E-state index >= 15 is 0 Å². The van der Waals surface area contributed by atoms with Crippen molar-refractivity contribution in [3.05, 3.63) is 186 Å². The lowest BCUT2D eigenvalue weighted by Gasteiger charge is -2.19. The Balaban J connectivity index is 1.14. The zero-order valence-corrected chi connectivity index (χ0v) is 29.0. The Morgan fingerprint density at radius 1 is 0.673 bits per heavy atom. The number of hydrogen-bond donors (Lipinski definition) is 1. The Labute approximate surface area is 303 Å². The lowest BCUT2D eigenvalue weighted by atomic mass is 9.87. The van der Waals surface area contributed by atoms with Crippen LogP contribution in [0.25, 0.3) is 61.0 Å². The van der Waals surface area contributed by atoms with Gasteiger partial charge in [0.1, 0.15) is 17.0 Å². The van der Waals surface area contributed by atoms with Crippen molar-refractivity contribution in [2.75, 3.05) is 0 Å². The van der Waals surface area contributed by atoms with Gasteiger partial charge in [-0.1, -0.05) is 146 Å². The van der Waals surface area contributed by atoms with Crippen molar-refractivity contribution in [1.82, 2.24) is 0 Å². The molecule has 52 heavy (non-hydrogen) atoms. The summed E-state index contributed by atoms with van der Waals surface area (Å²) >= 11 is 0. The van der Waals surface area contributed by atoms with E-state index in [-0.39, 0.29) is 0 Å². The first-order chi connectivity index (χ1) is 25.6. The molecular formula is C48H37N3O. The number of rotatable bonds is 6. The SMILES string of the molecule is CC1CC=Cc2ccc(C(=N/Cc3ccccc3)/N=C(\N)c3cccc4oc5cccc(-c6ccc(-c7ccc8ccccc8c7)cc6)c5c34)cc21. The lowest BCUT2D eigenvalue weighted by molar-refractivity contribution is 0.669. The first-order valence-electron chi connectivity index (χ1n) is 17.9. The Hall–Kier alpha value is -6.52. The number of furan rings is 1. The van der Waals surface area contributed by atoms with E-state index in [1.165, 1.54) is 33.0 Å². The molecule has 0 bridgehead atoms. The van der Waals surface area contributed by atoms with E-state index in [9.17, 15) is 0 Å². The summed E-state index contributed by atoms with van der Waals surface area (Å²) in [7, 11) is 0. The molecule has 1 unspecified atom stereocenters. The highest BCUT2D eigenvalue weighted by atomic mass is 16.3. The molecule has 0 saturated carbocycles. The van der Waals surface area contributed by atoms with Crippen molar-refractivity contribution in [2.24, 2.45) is 15.7 Å². The summed E-state index contributed by atoms with van der Waals surface area (Å²) < 4.78 is 6.46. The van der Waals surface area contributed by atoms with Crippen LogP contribution in [0.2, 0.25) is 0 Å². The normalized spacial score (nSPS) is 14.7. The molecule has 1 aromatic heterocycles. The number of hydrogen-bond acceptors (Lipinski definition) is 2. The molecule has 1 aliphatic rings. The molecule has 1 aliphatic carbocycles. The molecule has 7 aromatic carbocycles. The van der Waals surface area contributed by atoms with Gasteiger partial charge in [0.15, 0.2) is 5.84 Å². The van der Waals surface area contributed by atoms with Crippen LogP contribution in [0.5, 0.6) is 0 Å². The predicted octanol–water partition coefficient (Wildman–Crippen LogP) is 11.9. The van der Waals surface area contributed by atoms with Gasteiger partial charge >= 0.3 is 0 Å². The summed E-state index contributed by atoms with van der Waals surface area (Å²) in [6, 6.07) is 52.9. The van der Waals surface area contributed by atoms with Gasteiger partial charge in [0.05, 0.1) is 6.54 Å². The second-order valence-corrected chi connectivity index (χ2v) is 13.6. The molecule has 1 atom stereocenters. The van der Waals surface area contributed by atoms with Crippen LogP contribution in [0.4, 0.5) is 0 Å². The van der Waals surface area contributed by atoms with Gasteiger partial charge < -0.3 is 10.2 Å². The number of fused-ring (bicyclic) bond motifs is 5. The van der Waals surface area contributed by atoms with Crippen molar-refractivity contribution in [3.8, 4) is 22.3 Å². The van der Waals surface area contributed by atoms with Gasteiger partial charge in [-0.2, -0.15) is 0 Å². The summed E-state index contributed by atoms with van der Waals surface area (Å²) in [5.41, 5.74) is 18.6. The van der Waals surface area contributed by atoms with E-state index in [0.29, 0.717) is 24.1 Å². The minimum atomic E-state index is 0.396. The van der Waals surface area contributed by atoms with E-state index < -0.39 is 0 Å². The van der Waals surface area contributed by atoms with Gasteiger partial charge in [0.25, 0.3) is 0 Å². The van der Waals surface area contributed by atoms with Crippen molar-refractivity contribution < 1.29 is 4.42 Å². The van der Waals surface area contributed by atoms with Crippen molar-refractivity contribution >= 4 is 50.5 Å². The number of benzene rings is 7. The number of amidine groups is 2. The average Bonchev–Trinajstić information content (AvgIpc) is 3.59. The summed E-state index contributed by atoms with van der Waals surface area (Å²) in [5.74, 6) is 1.43. The van der Waals surface area contributed by atoms with Gasteiger partial charge in [-0.3, -0.25) is 4.99 Å². The molecule has 8 aromatic rings. The highest BCUT2D eigenvalue weighted by molar-refractivity contribution is 6.23.